The summed E-state index contributed by atoms with van der Waals surface area (Å²) < 4.78 is 5.56. The van der Waals surface area contributed by atoms with Gasteiger partial charge in [-0.05, 0) is 24.6 Å². The predicted molar refractivity (Wildman–Crippen MR) is 89.9 cm³/mol. The van der Waals surface area contributed by atoms with Crippen LogP contribution in [-0.4, -0.2) is 22.8 Å². The Bertz CT molecular complexity index is 764. The molecule has 0 saturated carbocycles. The third-order valence-electron chi connectivity index (χ3n) is 3.30. The Labute approximate surface area is 143 Å². The highest BCUT2D eigenvalue weighted by Gasteiger charge is 2.19. The highest BCUT2D eigenvalue weighted by atomic mass is 16.6. The molecule has 0 saturated heterocycles. The summed E-state index contributed by atoms with van der Waals surface area (Å²) in [5.74, 6) is -0.647. The van der Waals surface area contributed by atoms with Gasteiger partial charge in [0, 0.05) is 17.7 Å². The van der Waals surface area contributed by atoms with Crippen LogP contribution in [0.15, 0.2) is 54.6 Å². The molecule has 1 unspecified atom stereocenters. The predicted octanol–water partition coefficient (Wildman–Crippen LogP) is 2.21. The van der Waals surface area contributed by atoms with Gasteiger partial charge in [0.2, 0.25) is 0 Å². The molecule has 0 spiro atoms. The monoisotopic (exact) mass is 343 g/mol. The molecular formula is C17H17N3O5. The molecule has 2 rings (SSSR count). The lowest BCUT2D eigenvalue weighted by molar-refractivity contribution is -0.384. The van der Waals surface area contributed by atoms with Crippen LogP contribution < -0.4 is 15.6 Å². The Morgan fingerprint density at radius 2 is 1.84 bits per heavy atom. The average molecular weight is 343 g/mol. The largest absolute Gasteiger partial charge is 0.481 e. The molecule has 2 aromatic carbocycles. The topological polar surface area (TPSA) is 111 Å². The average Bonchev–Trinajstić information content (AvgIpc) is 2.64. The molecule has 0 aliphatic heterocycles. The lowest BCUT2D eigenvalue weighted by Crippen LogP contribution is -2.47. The summed E-state index contributed by atoms with van der Waals surface area (Å²) in [4.78, 5) is 34.3. The number of carbonyl (C=O) groups excluding carboxylic acids is 2. The number of ether oxygens (including phenoxy) is 1. The standard InChI is InChI=1S/C17H17N3O5/c1-2-15(25-14-9-4-3-5-10-14)17(22)19-18-16(21)12-7-6-8-13(11-12)20(23)24/h3-11,15H,2H2,1H3,(H,18,21)(H,19,22). The molecule has 0 aliphatic carbocycles. The number of amides is 2. The van der Waals surface area contributed by atoms with E-state index in [1.54, 1.807) is 31.2 Å². The minimum Gasteiger partial charge on any atom is -0.481 e. The lowest BCUT2D eigenvalue weighted by atomic mass is 10.2. The maximum absolute atomic E-state index is 12.1. The van der Waals surface area contributed by atoms with Crippen LogP contribution in [0.25, 0.3) is 0 Å². The van der Waals surface area contributed by atoms with E-state index in [0.717, 1.165) is 6.07 Å². The van der Waals surface area contributed by atoms with Crippen LogP contribution in [0, 0.1) is 10.1 Å². The van der Waals surface area contributed by atoms with Crippen molar-refractivity contribution in [2.45, 2.75) is 19.4 Å². The van der Waals surface area contributed by atoms with Gasteiger partial charge >= 0.3 is 0 Å². The first-order valence-corrected chi connectivity index (χ1v) is 7.57. The molecule has 0 heterocycles. The zero-order valence-corrected chi connectivity index (χ0v) is 13.5. The number of rotatable bonds is 6. The van der Waals surface area contributed by atoms with E-state index in [0.29, 0.717) is 12.2 Å². The fourth-order valence-corrected chi connectivity index (χ4v) is 2.02. The molecule has 0 fully saturated rings. The summed E-state index contributed by atoms with van der Waals surface area (Å²) in [6.07, 6.45) is -0.388. The lowest BCUT2D eigenvalue weighted by Gasteiger charge is -2.17. The second-order valence-corrected chi connectivity index (χ2v) is 5.08. The van der Waals surface area contributed by atoms with Gasteiger partial charge in [-0.1, -0.05) is 31.2 Å². The van der Waals surface area contributed by atoms with E-state index in [2.05, 4.69) is 10.9 Å². The molecule has 8 nitrogen and oxygen atoms in total. The third kappa shape index (κ3) is 5.03. The first-order valence-electron chi connectivity index (χ1n) is 7.57. The van der Waals surface area contributed by atoms with Crippen molar-refractivity contribution in [3.8, 4) is 5.75 Å². The second kappa shape index (κ2) is 8.44. The number of para-hydroxylation sites is 1. The van der Waals surface area contributed by atoms with E-state index in [9.17, 15) is 19.7 Å². The summed E-state index contributed by atoms with van der Waals surface area (Å²) in [5, 5.41) is 10.7. The molecule has 2 aromatic rings. The number of nitrogens with zero attached hydrogens (tertiary/aromatic N) is 1. The SMILES string of the molecule is CCC(Oc1ccccc1)C(=O)NNC(=O)c1cccc([N+](=O)[O-])c1. The number of nitrogens with one attached hydrogen (secondary N) is 2. The Morgan fingerprint density at radius 1 is 1.12 bits per heavy atom. The van der Waals surface area contributed by atoms with Crippen LogP contribution in [0.3, 0.4) is 0 Å². The fraction of sp³-hybridized carbons (Fsp3) is 0.176. The van der Waals surface area contributed by atoms with Gasteiger partial charge in [-0.25, -0.2) is 0 Å². The summed E-state index contributed by atoms with van der Waals surface area (Å²) in [7, 11) is 0. The number of hydrazine groups is 1. The minimum absolute atomic E-state index is 0.0616. The van der Waals surface area contributed by atoms with Crippen LogP contribution in [0.2, 0.25) is 0 Å². The van der Waals surface area contributed by atoms with Gasteiger partial charge in [0.15, 0.2) is 6.10 Å². The van der Waals surface area contributed by atoms with Crippen LogP contribution >= 0.6 is 0 Å². The molecule has 2 N–H and O–H groups in total. The highest BCUT2D eigenvalue weighted by molar-refractivity contribution is 5.96. The van der Waals surface area contributed by atoms with Crippen molar-refractivity contribution in [3.63, 3.8) is 0 Å². The zero-order chi connectivity index (χ0) is 18.2. The van der Waals surface area contributed by atoms with Gasteiger partial charge in [0.05, 0.1) is 4.92 Å². The Kier molecular flexibility index (Phi) is 6.05. The van der Waals surface area contributed by atoms with Crippen molar-refractivity contribution in [1.29, 1.82) is 0 Å². The smallest absolute Gasteiger partial charge is 0.279 e. The van der Waals surface area contributed by atoms with Crippen LogP contribution in [0.5, 0.6) is 5.75 Å². The fourth-order valence-electron chi connectivity index (χ4n) is 2.02. The van der Waals surface area contributed by atoms with Crippen molar-refractivity contribution in [3.05, 3.63) is 70.3 Å². The quantitative estimate of drug-likeness (QED) is 0.617. The van der Waals surface area contributed by atoms with Crippen molar-refractivity contribution < 1.29 is 19.2 Å². The Hall–Kier alpha value is -3.42. The molecule has 8 heteroatoms. The first-order chi connectivity index (χ1) is 12.0. The molecule has 25 heavy (non-hydrogen) atoms. The molecule has 1 atom stereocenters. The van der Waals surface area contributed by atoms with E-state index in [1.807, 2.05) is 6.07 Å². The van der Waals surface area contributed by atoms with Crippen molar-refractivity contribution in [2.75, 3.05) is 0 Å². The zero-order valence-electron chi connectivity index (χ0n) is 13.5. The molecule has 2 amide bonds. The number of nitro benzene ring substituents is 1. The number of hydrogen-bond acceptors (Lipinski definition) is 5. The normalized spacial score (nSPS) is 11.2. The number of non-ortho nitro benzene ring substituents is 1. The second-order valence-electron chi connectivity index (χ2n) is 5.08. The van der Waals surface area contributed by atoms with Gasteiger partial charge in [-0.3, -0.25) is 30.6 Å². The molecular weight excluding hydrogens is 326 g/mol. The summed E-state index contributed by atoms with van der Waals surface area (Å²) in [6, 6.07) is 14.0. The van der Waals surface area contributed by atoms with Gasteiger partial charge < -0.3 is 4.74 Å². The van der Waals surface area contributed by atoms with Gasteiger partial charge in [0.25, 0.3) is 17.5 Å². The highest BCUT2D eigenvalue weighted by Crippen LogP contribution is 2.13. The van der Waals surface area contributed by atoms with E-state index < -0.39 is 22.8 Å². The van der Waals surface area contributed by atoms with Crippen LogP contribution in [0.1, 0.15) is 23.7 Å². The van der Waals surface area contributed by atoms with Crippen molar-refractivity contribution in [2.24, 2.45) is 0 Å². The number of hydrogen-bond donors (Lipinski definition) is 2. The number of carbonyl (C=O) groups is 2. The molecule has 0 aliphatic rings. The maximum Gasteiger partial charge on any atom is 0.279 e. The number of nitro groups is 1. The molecule has 130 valence electrons. The van der Waals surface area contributed by atoms with E-state index >= 15 is 0 Å². The summed E-state index contributed by atoms with van der Waals surface area (Å²) in [6.45, 7) is 1.77. The number of benzene rings is 2. The molecule has 0 radical (unpaired) electrons. The van der Waals surface area contributed by atoms with E-state index in [1.165, 1.54) is 18.2 Å². The van der Waals surface area contributed by atoms with E-state index in [4.69, 9.17) is 4.74 Å². The van der Waals surface area contributed by atoms with Crippen molar-refractivity contribution >= 4 is 17.5 Å². The Balaban J connectivity index is 1.94. The van der Waals surface area contributed by atoms with Crippen LogP contribution in [-0.2, 0) is 4.79 Å². The minimum atomic E-state index is -0.784. The first kappa shape index (κ1) is 17.9. The maximum atomic E-state index is 12.1. The molecule has 0 bridgehead atoms. The van der Waals surface area contributed by atoms with Crippen molar-refractivity contribution in [1.82, 2.24) is 10.9 Å². The Morgan fingerprint density at radius 3 is 2.48 bits per heavy atom. The molecule has 0 aromatic heterocycles. The van der Waals surface area contributed by atoms with E-state index in [-0.39, 0.29) is 11.3 Å². The third-order valence-corrected chi connectivity index (χ3v) is 3.30. The van der Waals surface area contributed by atoms with Gasteiger partial charge in [0.1, 0.15) is 5.75 Å². The summed E-state index contributed by atoms with van der Waals surface area (Å²) in [5.41, 5.74) is 4.34. The summed E-state index contributed by atoms with van der Waals surface area (Å²) >= 11 is 0. The van der Waals surface area contributed by atoms with Gasteiger partial charge in [-0.2, -0.15) is 0 Å². The van der Waals surface area contributed by atoms with Crippen LogP contribution in [0.4, 0.5) is 5.69 Å². The van der Waals surface area contributed by atoms with Gasteiger partial charge in [-0.15, -0.1) is 0 Å².